The molecule has 0 aromatic rings. The maximum Gasteiger partial charge on any atom is 0.344 e. The molecule has 14 nitrogen and oxygen atoms in total. The van der Waals surface area contributed by atoms with Crippen molar-refractivity contribution in [1.29, 1.82) is 0 Å². The average molecular weight is 745 g/mol. The van der Waals surface area contributed by atoms with E-state index in [0.29, 0.717) is 81.9 Å². The monoisotopic (exact) mass is 744 g/mol. The number of carbonyl (C=O) groups is 3. The van der Waals surface area contributed by atoms with E-state index in [4.69, 9.17) is 43.7 Å². The van der Waals surface area contributed by atoms with E-state index in [1.54, 1.807) is 11.8 Å². The fraction of sp³-hybridized carbons (Fsp3) is 0.897. The Morgan fingerprint density at radius 3 is 1.62 bits per heavy atom. The minimum absolute atomic E-state index is 0.00819. The van der Waals surface area contributed by atoms with Gasteiger partial charge in [-0.1, -0.05) is 5.16 Å². The molecule has 14 heteroatoms. The van der Waals surface area contributed by atoms with Gasteiger partial charge in [-0.15, -0.1) is 0 Å². The highest BCUT2D eigenvalue weighted by Gasteiger charge is 2.68. The van der Waals surface area contributed by atoms with E-state index in [1.165, 1.54) is 64.2 Å². The van der Waals surface area contributed by atoms with Gasteiger partial charge in [-0.3, -0.25) is 9.59 Å². The second kappa shape index (κ2) is 14.0. The lowest BCUT2D eigenvalue weighted by molar-refractivity contribution is -0.390. The Bertz CT molecular complexity index is 1390. The number of carboxylic acid groups (broad SMARTS) is 1. The molecule has 0 atom stereocenters. The SMILES string of the molecule is CCOC(=O)CCC(=O)N1CCC2(CC1)OOC1(O2)C2CC3CC(C2)CC1C3.O=C(O)CON=C1CCC2(CC1)OOC1(O2)C2CC3CC(C2)CC1C3. The van der Waals surface area contributed by atoms with Crippen molar-refractivity contribution in [3.63, 3.8) is 0 Å². The number of carbonyl (C=O) groups excluding carboxylic acids is 2. The fourth-order valence-corrected chi connectivity index (χ4v) is 12.5. The van der Waals surface area contributed by atoms with E-state index >= 15 is 0 Å². The molecule has 8 bridgehead atoms. The number of aliphatic carboxylic acids is 1. The lowest BCUT2D eigenvalue weighted by Crippen LogP contribution is -2.59. The Hall–Kier alpha value is -2.36. The zero-order valence-corrected chi connectivity index (χ0v) is 31.0. The molecule has 0 aromatic heterocycles. The minimum atomic E-state index is -1.02. The number of amides is 1. The number of carboxylic acids is 1. The summed E-state index contributed by atoms with van der Waals surface area (Å²) in [7, 11) is 0. The van der Waals surface area contributed by atoms with Crippen molar-refractivity contribution in [2.75, 3.05) is 26.3 Å². The summed E-state index contributed by atoms with van der Waals surface area (Å²) < 4.78 is 18.2. The molecule has 3 aliphatic heterocycles. The van der Waals surface area contributed by atoms with Crippen LogP contribution in [0.2, 0.25) is 0 Å². The molecule has 0 radical (unpaired) electrons. The van der Waals surface area contributed by atoms with Crippen LogP contribution in [0.4, 0.5) is 0 Å². The summed E-state index contributed by atoms with van der Waals surface area (Å²) in [5, 5.41) is 12.5. The number of piperidine rings is 1. The predicted octanol–water partition coefficient (Wildman–Crippen LogP) is 5.62. The van der Waals surface area contributed by atoms with Gasteiger partial charge < -0.3 is 29.1 Å². The van der Waals surface area contributed by atoms with Crippen molar-refractivity contribution in [3.8, 4) is 0 Å². The van der Waals surface area contributed by atoms with Crippen LogP contribution in [0.15, 0.2) is 5.16 Å². The van der Waals surface area contributed by atoms with Gasteiger partial charge in [0.15, 0.2) is 0 Å². The second-order valence-electron chi connectivity index (χ2n) is 17.9. The lowest BCUT2D eigenvalue weighted by atomic mass is 9.53. The van der Waals surface area contributed by atoms with Gasteiger partial charge in [0, 0.05) is 68.9 Å². The molecule has 53 heavy (non-hydrogen) atoms. The average Bonchev–Trinajstić information content (AvgIpc) is 3.70. The first kappa shape index (κ1) is 36.3. The first-order chi connectivity index (χ1) is 25.6. The molecule has 12 aliphatic rings. The van der Waals surface area contributed by atoms with Crippen LogP contribution < -0.4 is 0 Å². The number of ether oxygens (including phenoxy) is 3. The minimum Gasteiger partial charge on any atom is -0.479 e. The largest absolute Gasteiger partial charge is 0.479 e. The van der Waals surface area contributed by atoms with Gasteiger partial charge in [0.1, 0.15) is 0 Å². The van der Waals surface area contributed by atoms with Gasteiger partial charge >= 0.3 is 11.9 Å². The number of nitrogens with zero attached hydrogens (tertiary/aromatic N) is 2. The summed E-state index contributed by atoms with van der Waals surface area (Å²) in [6, 6.07) is 0. The first-order valence-corrected chi connectivity index (χ1v) is 20.6. The van der Waals surface area contributed by atoms with Gasteiger partial charge in [0.25, 0.3) is 0 Å². The van der Waals surface area contributed by atoms with Crippen molar-refractivity contribution in [3.05, 3.63) is 0 Å². The zero-order valence-electron chi connectivity index (χ0n) is 31.0. The highest BCUT2D eigenvalue weighted by atomic mass is 17.3. The molecule has 12 fully saturated rings. The Balaban J connectivity index is 0.000000141. The topological polar surface area (TPSA) is 161 Å². The van der Waals surface area contributed by atoms with Crippen LogP contribution in [-0.4, -0.2) is 83.0 Å². The quantitative estimate of drug-likeness (QED) is 0.195. The highest BCUT2D eigenvalue weighted by Crippen LogP contribution is 2.65. The van der Waals surface area contributed by atoms with E-state index in [1.807, 2.05) is 0 Å². The third kappa shape index (κ3) is 6.70. The normalized spacial score (nSPS) is 43.8. The number of hydrogen-bond donors (Lipinski definition) is 1. The molecule has 9 saturated carbocycles. The number of oxime groups is 1. The van der Waals surface area contributed by atoms with Gasteiger partial charge in [-0.25, -0.2) is 4.79 Å². The molecular formula is C39H56N2O12. The molecule has 3 heterocycles. The Morgan fingerprint density at radius 2 is 1.17 bits per heavy atom. The second-order valence-corrected chi connectivity index (χ2v) is 17.9. The molecule has 1 N–H and O–H groups in total. The van der Waals surface area contributed by atoms with E-state index in [-0.39, 0.29) is 24.7 Å². The Labute approximate surface area is 310 Å². The molecule has 4 spiro atoms. The number of esters is 1. The van der Waals surface area contributed by atoms with Crippen LogP contribution in [0.3, 0.4) is 0 Å². The smallest absolute Gasteiger partial charge is 0.344 e. The maximum absolute atomic E-state index is 12.4. The van der Waals surface area contributed by atoms with Crippen LogP contribution in [0, 0.1) is 47.3 Å². The van der Waals surface area contributed by atoms with Crippen molar-refractivity contribution in [2.45, 2.75) is 146 Å². The summed E-state index contributed by atoms with van der Waals surface area (Å²) in [5.74, 6) is 1.44. The van der Waals surface area contributed by atoms with Crippen LogP contribution >= 0.6 is 0 Å². The Kier molecular flexibility index (Phi) is 9.58. The Morgan fingerprint density at radius 1 is 0.698 bits per heavy atom. The van der Waals surface area contributed by atoms with Crippen molar-refractivity contribution in [1.82, 2.24) is 4.90 Å². The van der Waals surface area contributed by atoms with E-state index in [2.05, 4.69) is 5.16 Å². The predicted molar refractivity (Wildman–Crippen MR) is 183 cm³/mol. The summed E-state index contributed by atoms with van der Waals surface area (Å²) in [5.41, 5.74) is 0.866. The van der Waals surface area contributed by atoms with Gasteiger partial charge in [-0.05, 0) is 108 Å². The zero-order chi connectivity index (χ0) is 36.4. The van der Waals surface area contributed by atoms with Gasteiger partial charge in [-0.2, -0.15) is 19.6 Å². The molecule has 1 amide bonds. The lowest BCUT2D eigenvalue weighted by Gasteiger charge is -2.57. The maximum atomic E-state index is 12.4. The van der Waals surface area contributed by atoms with Crippen LogP contribution in [0.25, 0.3) is 0 Å². The molecule has 3 saturated heterocycles. The van der Waals surface area contributed by atoms with Crippen molar-refractivity contribution < 1.29 is 58.1 Å². The van der Waals surface area contributed by atoms with E-state index in [0.717, 1.165) is 29.4 Å². The van der Waals surface area contributed by atoms with Gasteiger partial charge in [0.05, 0.1) is 18.7 Å². The standard InChI is InChI=1S/C21H31NO6.C18H25NO6/c1-2-25-19(24)4-3-18(23)22-7-5-20(6-8-22)26-21(28-27-20)16-10-14-9-15(12-16)13-17(21)11-14;20-16(21)10-22-19-15-1-3-17(4-2-15)23-18(25-24-17)13-6-11-5-12(8-13)9-14(18)7-11/h14-17H,2-13H2,1H3;11-14H,1-10H2,(H,20,21). The number of rotatable bonds is 7. The summed E-state index contributed by atoms with van der Waals surface area (Å²) in [6.45, 7) is 2.85. The van der Waals surface area contributed by atoms with E-state index < -0.39 is 35.7 Å². The summed E-state index contributed by atoms with van der Waals surface area (Å²) in [6.07, 6.45) is 16.7. The molecular weight excluding hydrogens is 688 g/mol. The number of hydrogen-bond acceptors (Lipinski definition) is 12. The molecule has 9 aliphatic carbocycles. The molecule has 12 rings (SSSR count). The van der Waals surface area contributed by atoms with Gasteiger partial charge in [0.2, 0.25) is 35.7 Å². The summed E-state index contributed by atoms with van der Waals surface area (Å²) in [4.78, 5) is 64.8. The first-order valence-electron chi connectivity index (χ1n) is 20.6. The summed E-state index contributed by atoms with van der Waals surface area (Å²) >= 11 is 0. The van der Waals surface area contributed by atoms with E-state index in [9.17, 15) is 14.4 Å². The molecule has 294 valence electrons. The number of likely N-dealkylation sites (tertiary alicyclic amines) is 1. The molecule has 0 unspecified atom stereocenters. The van der Waals surface area contributed by atoms with Crippen LogP contribution in [-0.2, 0) is 53.0 Å². The fourth-order valence-electron chi connectivity index (χ4n) is 12.5. The van der Waals surface area contributed by atoms with Crippen LogP contribution in [0.5, 0.6) is 0 Å². The third-order valence-electron chi connectivity index (χ3n) is 14.6. The molecule has 0 aromatic carbocycles. The van der Waals surface area contributed by atoms with Crippen molar-refractivity contribution in [2.24, 2.45) is 52.5 Å². The third-order valence-corrected chi connectivity index (χ3v) is 14.6. The van der Waals surface area contributed by atoms with Crippen LogP contribution in [0.1, 0.15) is 122 Å². The highest BCUT2D eigenvalue weighted by molar-refractivity contribution is 5.85. The van der Waals surface area contributed by atoms with Crippen molar-refractivity contribution >= 4 is 23.6 Å².